The van der Waals surface area contributed by atoms with Crippen molar-refractivity contribution in [1.29, 1.82) is 0 Å². The lowest BCUT2D eigenvalue weighted by Crippen LogP contribution is -2.38. The van der Waals surface area contributed by atoms with Crippen molar-refractivity contribution in [3.05, 3.63) is 52.6 Å². The number of hydrogen-bond acceptors (Lipinski definition) is 3. The quantitative estimate of drug-likeness (QED) is 0.793. The molecule has 0 saturated carbocycles. The monoisotopic (exact) mass is 352 g/mol. The molecule has 0 aliphatic carbocycles. The van der Waals surface area contributed by atoms with Crippen LogP contribution in [0.2, 0.25) is 5.02 Å². The van der Waals surface area contributed by atoms with Crippen LogP contribution in [0.15, 0.2) is 30.5 Å². The first-order valence-corrected chi connectivity index (χ1v) is 8.37. The number of hydrogen-bond donors (Lipinski definition) is 1. The van der Waals surface area contributed by atoms with E-state index < -0.39 is 5.82 Å². The number of nitrogens with zero attached hydrogens (tertiary/aromatic N) is 3. The summed E-state index contributed by atoms with van der Waals surface area (Å²) in [5, 5.41) is 6.85. The highest BCUT2D eigenvalue weighted by molar-refractivity contribution is 6.31. The van der Waals surface area contributed by atoms with E-state index in [1.807, 2.05) is 0 Å². The molecule has 130 valence electrons. The molecule has 7 heteroatoms. The molecule has 0 radical (unpaired) electrons. The van der Waals surface area contributed by atoms with E-state index in [1.54, 1.807) is 23.2 Å². The van der Waals surface area contributed by atoms with Crippen molar-refractivity contribution in [3.8, 4) is 0 Å². The predicted molar refractivity (Wildman–Crippen MR) is 92.5 cm³/mol. The molecule has 2 rings (SSSR count). The molecule has 1 N–H and O–H groups in total. The molecule has 0 aliphatic rings. The molecule has 5 nitrogen and oxygen atoms in total. The van der Waals surface area contributed by atoms with Crippen LogP contribution in [-0.2, 0) is 6.54 Å². The number of nitrogens with one attached hydrogen (secondary N) is 1. The summed E-state index contributed by atoms with van der Waals surface area (Å²) in [6, 6.07) is 5.87. The summed E-state index contributed by atoms with van der Waals surface area (Å²) >= 11 is 6.11. The summed E-state index contributed by atoms with van der Waals surface area (Å²) in [4.78, 5) is 16.6. The van der Waals surface area contributed by atoms with E-state index in [0.717, 1.165) is 19.6 Å². The summed E-state index contributed by atoms with van der Waals surface area (Å²) in [7, 11) is 0. The highest BCUT2D eigenvalue weighted by Gasteiger charge is 2.19. The van der Waals surface area contributed by atoms with Gasteiger partial charge in [0, 0.05) is 30.9 Å². The molecule has 0 aliphatic heterocycles. The first-order valence-electron chi connectivity index (χ1n) is 8.00. The van der Waals surface area contributed by atoms with E-state index in [0.29, 0.717) is 29.4 Å². The number of amides is 1. The summed E-state index contributed by atoms with van der Waals surface area (Å²) < 4.78 is 13.2. The van der Waals surface area contributed by atoms with E-state index in [4.69, 9.17) is 11.6 Å². The summed E-state index contributed by atoms with van der Waals surface area (Å²) in [6.07, 6.45) is 1.54. The van der Waals surface area contributed by atoms with Crippen LogP contribution in [0.3, 0.4) is 0 Å². The van der Waals surface area contributed by atoms with Crippen LogP contribution in [-0.4, -0.2) is 52.1 Å². The lowest BCUT2D eigenvalue weighted by atomic mass is 10.2. The van der Waals surface area contributed by atoms with E-state index in [-0.39, 0.29) is 5.91 Å². The SMILES string of the molecule is CCN(CC)CCN(Cc1ccc(F)cc1Cl)C(=O)c1ccn[nH]1. The normalized spacial score (nSPS) is 11.0. The van der Waals surface area contributed by atoms with E-state index in [1.165, 1.54) is 12.1 Å². The third-order valence-corrected chi connectivity index (χ3v) is 4.33. The van der Waals surface area contributed by atoms with Crippen molar-refractivity contribution < 1.29 is 9.18 Å². The molecule has 1 aromatic carbocycles. The number of H-pyrrole nitrogens is 1. The summed E-state index contributed by atoms with van der Waals surface area (Å²) in [5.74, 6) is -0.543. The molecule has 0 atom stereocenters. The van der Waals surface area contributed by atoms with Crippen molar-refractivity contribution in [3.63, 3.8) is 0 Å². The maximum absolute atomic E-state index is 13.2. The highest BCUT2D eigenvalue weighted by atomic mass is 35.5. The van der Waals surface area contributed by atoms with Crippen LogP contribution in [0, 0.1) is 5.82 Å². The van der Waals surface area contributed by atoms with Crippen LogP contribution >= 0.6 is 11.6 Å². The number of halogens is 2. The molecule has 0 unspecified atom stereocenters. The minimum absolute atomic E-state index is 0.153. The Kier molecular flexibility index (Phi) is 6.75. The average molecular weight is 353 g/mol. The molecule has 0 bridgehead atoms. The van der Waals surface area contributed by atoms with Gasteiger partial charge in [-0.25, -0.2) is 4.39 Å². The smallest absolute Gasteiger partial charge is 0.272 e. The zero-order chi connectivity index (χ0) is 17.5. The number of carbonyl (C=O) groups is 1. The summed E-state index contributed by atoms with van der Waals surface area (Å²) in [6.45, 7) is 7.62. The number of carbonyl (C=O) groups excluding carboxylic acids is 1. The van der Waals surface area contributed by atoms with Gasteiger partial charge in [0.2, 0.25) is 0 Å². The predicted octanol–water partition coefficient (Wildman–Crippen LogP) is 3.19. The minimum Gasteiger partial charge on any atom is -0.332 e. The number of aromatic amines is 1. The Morgan fingerprint density at radius 1 is 1.25 bits per heavy atom. The lowest BCUT2D eigenvalue weighted by Gasteiger charge is -2.26. The van der Waals surface area contributed by atoms with Gasteiger partial charge in [-0.2, -0.15) is 5.10 Å². The first kappa shape index (κ1) is 18.4. The molecule has 0 fully saturated rings. The first-order chi connectivity index (χ1) is 11.5. The third kappa shape index (κ3) is 4.79. The van der Waals surface area contributed by atoms with E-state index >= 15 is 0 Å². The maximum atomic E-state index is 13.2. The van der Waals surface area contributed by atoms with Gasteiger partial charge in [0.05, 0.1) is 0 Å². The Bertz CT molecular complexity index is 659. The van der Waals surface area contributed by atoms with Crippen molar-refractivity contribution in [2.45, 2.75) is 20.4 Å². The average Bonchev–Trinajstić information content (AvgIpc) is 3.10. The lowest BCUT2D eigenvalue weighted by molar-refractivity contribution is 0.0718. The Morgan fingerprint density at radius 2 is 2.00 bits per heavy atom. The van der Waals surface area contributed by atoms with Gasteiger partial charge in [-0.1, -0.05) is 31.5 Å². The zero-order valence-corrected chi connectivity index (χ0v) is 14.7. The Labute approximate surface area is 146 Å². The van der Waals surface area contributed by atoms with Crippen LogP contribution in [0.5, 0.6) is 0 Å². The second-order valence-corrected chi connectivity index (χ2v) is 5.87. The van der Waals surface area contributed by atoms with Gasteiger partial charge >= 0.3 is 0 Å². The fraction of sp³-hybridized carbons (Fsp3) is 0.412. The van der Waals surface area contributed by atoms with Gasteiger partial charge < -0.3 is 9.80 Å². The van der Waals surface area contributed by atoms with Gasteiger partial charge in [0.15, 0.2) is 0 Å². The molecule has 1 aromatic heterocycles. The van der Waals surface area contributed by atoms with Crippen LogP contribution in [0.1, 0.15) is 29.9 Å². The van der Waals surface area contributed by atoms with Gasteiger partial charge in [0.25, 0.3) is 5.91 Å². The zero-order valence-electron chi connectivity index (χ0n) is 13.9. The van der Waals surface area contributed by atoms with Crippen LogP contribution < -0.4 is 0 Å². The molecule has 1 amide bonds. The Hall–Kier alpha value is -1.92. The standard InChI is InChI=1S/C17H22ClFN4O/c1-3-22(4-2)9-10-23(17(24)16-7-8-20-21-16)12-13-5-6-14(19)11-15(13)18/h5-8,11H,3-4,9-10,12H2,1-2H3,(H,20,21). The number of rotatable bonds is 8. The van der Waals surface area contributed by atoms with E-state index in [9.17, 15) is 9.18 Å². The Balaban J connectivity index is 2.16. The summed E-state index contributed by atoms with van der Waals surface area (Å²) in [5.41, 5.74) is 1.14. The van der Waals surface area contributed by atoms with E-state index in [2.05, 4.69) is 28.9 Å². The van der Waals surface area contributed by atoms with Gasteiger partial charge in [-0.05, 0) is 36.9 Å². The molecular weight excluding hydrogens is 331 g/mol. The molecule has 1 heterocycles. The van der Waals surface area contributed by atoms with Crippen molar-refractivity contribution in [2.24, 2.45) is 0 Å². The number of benzene rings is 1. The van der Waals surface area contributed by atoms with Crippen LogP contribution in [0.4, 0.5) is 4.39 Å². The molecule has 0 spiro atoms. The van der Waals surface area contributed by atoms with Crippen molar-refractivity contribution >= 4 is 17.5 Å². The maximum Gasteiger partial charge on any atom is 0.272 e. The molecule has 0 saturated heterocycles. The third-order valence-electron chi connectivity index (χ3n) is 3.98. The number of aromatic nitrogens is 2. The number of likely N-dealkylation sites (N-methyl/N-ethyl adjacent to an activating group) is 1. The fourth-order valence-corrected chi connectivity index (χ4v) is 2.68. The second-order valence-electron chi connectivity index (χ2n) is 5.46. The highest BCUT2D eigenvalue weighted by Crippen LogP contribution is 2.20. The topological polar surface area (TPSA) is 52.2 Å². The Morgan fingerprint density at radius 3 is 2.58 bits per heavy atom. The van der Waals surface area contributed by atoms with Crippen LogP contribution in [0.25, 0.3) is 0 Å². The van der Waals surface area contributed by atoms with Gasteiger partial charge in [0.1, 0.15) is 11.5 Å². The molecular formula is C17H22ClFN4O. The van der Waals surface area contributed by atoms with Gasteiger partial charge in [-0.3, -0.25) is 9.89 Å². The second kappa shape index (κ2) is 8.80. The van der Waals surface area contributed by atoms with Gasteiger partial charge in [-0.15, -0.1) is 0 Å². The minimum atomic E-state index is -0.390. The fourth-order valence-electron chi connectivity index (χ4n) is 2.46. The largest absolute Gasteiger partial charge is 0.332 e. The molecule has 2 aromatic rings. The van der Waals surface area contributed by atoms with Crippen molar-refractivity contribution in [1.82, 2.24) is 20.0 Å². The van der Waals surface area contributed by atoms with Crippen molar-refractivity contribution in [2.75, 3.05) is 26.2 Å². The molecule has 24 heavy (non-hydrogen) atoms.